The first-order valence-electron chi connectivity index (χ1n) is 7.26. The number of H-pyrrole nitrogens is 1. The minimum absolute atomic E-state index is 0.516. The van der Waals surface area contributed by atoms with E-state index in [-0.39, 0.29) is 0 Å². The molecule has 3 N–H and O–H groups in total. The van der Waals surface area contributed by atoms with E-state index in [0.29, 0.717) is 0 Å². The van der Waals surface area contributed by atoms with Gasteiger partial charge in [-0.2, -0.15) is 0 Å². The largest absolute Gasteiger partial charge is 0.393 e. The molecular weight excluding hydrogens is 308 g/mol. The maximum Gasteiger partial charge on any atom is 0.330 e. The Morgan fingerprint density at radius 2 is 1.87 bits per heavy atom. The van der Waals surface area contributed by atoms with Crippen molar-refractivity contribution < 1.29 is 24.4 Å². The molecule has 0 saturated carbocycles. The van der Waals surface area contributed by atoms with Crippen LogP contribution in [0.2, 0.25) is 0 Å². The maximum atomic E-state index is 12.1. The third-order valence-electron chi connectivity index (χ3n) is 4.34. The van der Waals surface area contributed by atoms with Crippen molar-refractivity contribution in [3.05, 3.63) is 33.1 Å². The van der Waals surface area contributed by atoms with Crippen molar-refractivity contribution in [2.45, 2.75) is 50.1 Å². The fraction of sp³-hybridized carbons (Fsp3) is 0.714. The Morgan fingerprint density at radius 1 is 1.22 bits per heavy atom. The molecule has 0 bridgehead atoms. The molecule has 9 nitrogen and oxygen atoms in total. The summed E-state index contributed by atoms with van der Waals surface area (Å²) >= 11 is 0. The Labute approximate surface area is 131 Å². The summed E-state index contributed by atoms with van der Waals surface area (Å²) in [5, 5.41) is 19.5. The zero-order chi connectivity index (χ0) is 17.0. The Balaban J connectivity index is 2.14. The van der Waals surface area contributed by atoms with Gasteiger partial charge in [-0.05, 0) is 20.8 Å². The number of nitrogens with one attached hydrogen (secondary N) is 1. The lowest BCUT2D eigenvalue weighted by Crippen LogP contribution is -2.52. The molecular formula is C14H20N2O7. The van der Waals surface area contributed by atoms with Crippen LogP contribution in [0.4, 0.5) is 0 Å². The summed E-state index contributed by atoms with van der Waals surface area (Å²) in [6.45, 7) is 4.04. The summed E-state index contributed by atoms with van der Waals surface area (Å²) in [6.07, 6.45) is -0.505. The molecule has 2 aliphatic rings. The van der Waals surface area contributed by atoms with Crippen LogP contribution in [0.25, 0.3) is 0 Å². The molecule has 2 aliphatic heterocycles. The Kier molecular flexibility index (Phi) is 3.54. The van der Waals surface area contributed by atoms with E-state index < -0.39 is 53.8 Å². The Hall–Kier alpha value is -1.52. The second kappa shape index (κ2) is 4.99. The van der Waals surface area contributed by atoms with Gasteiger partial charge in [0.05, 0.1) is 13.2 Å². The van der Waals surface area contributed by atoms with Gasteiger partial charge < -0.3 is 24.4 Å². The second-order valence-electron chi connectivity index (χ2n) is 6.55. The summed E-state index contributed by atoms with van der Waals surface area (Å²) in [6, 6.07) is 1.18. The lowest BCUT2D eigenvalue weighted by atomic mass is 9.88. The summed E-state index contributed by atoms with van der Waals surface area (Å²) in [5.74, 6) is -0.983. The third kappa shape index (κ3) is 2.27. The van der Waals surface area contributed by atoms with Gasteiger partial charge in [0, 0.05) is 12.3 Å². The van der Waals surface area contributed by atoms with E-state index in [1.807, 2.05) is 0 Å². The molecule has 0 aliphatic carbocycles. The van der Waals surface area contributed by atoms with Crippen LogP contribution in [-0.4, -0.2) is 56.1 Å². The van der Waals surface area contributed by atoms with Crippen LogP contribution in [0, 0.1) is 0 Å². The highest BCUT2D eigenvalue weighted by molar-refractivity contribution is 5.13. The average molecular weight is 328 g/mol. The zero-order valence-corrected chi connectivity index (χ0v) is 13.1. The Bertz CT molecular complexity index is 720. The molecule has 0 aromatic carbocycles. The number of hydrogen-bond acceptors (Lipinski definition) is 7. The second-order valence-corrected chi connectivity index (χ2v) is 6.55. The van der Waals surface area contributed by atoms with Crippen molar-refractivity contribution >= 4 is 0 Å². The lowest BCUT2D eigenvalue weighted by Gasteiger charge is -2.31. The summed E-state index contributed by atoms with van der Waals surface area (Å²) < 4.78 is 18.8. The number of fused-ring (bicyclic) bond motifs is 1. The average Bonchev–Trinajstić information content (AvgIpc) is 2.84. The standard InChI is InChI=1S/C14H20N2O7/c1-12(2)21-9-13(3,23-12)10(22-14(9,6-17)7-18)16-5-4-8(19)15-11(16)20/h4-5,9-10,17-18H,6-7H2,1-3H3,(H,15,19,20)/t9-,10+,13+/m0/s1. The summed E-state index contributed by atoms with van der Waals surface area (Å²) in [5.41, 5.74) is -3.78. The van der Waals surface area contributed by atoms with E-state index in [2.05, 4.69) is 4.98 Å². The number of aromatic amines is 1. The van der Waals surface area contributed by atoms with Gasteiger partial charge in [0.1, 0.15) is 17.3 Å². The van der Waals surface area contributed by atoms with Crippen molar-refractivity contribution in [3.63, 3.8) is 0 Å². The zero-order valence-electron chi connectivity index (χ0n) is 13.1. The first-order chi connectivity index (χ1) is 10.7. The van der Waals surface area contributed by atoms with Crippen LogP contribution in [-0.2, 0) is 14.2 Å². The van der Waals surface area contributed by atoms with Gasteiger partial charge in [-0.15, -0.1) is 0 Å². The number of aliphatic hydroxyl groups is 2. The normalized spacial score (nSPS) is 34.5. The van der Waals surface area contributed by atoms with Gasteiger partial charge in [0.15, 0.2) is 12.0 Å². The van der Waals surface area contributed by atoms with Crippen molar-refractivity contribution in [3.8, 4) is 0 Å². The molecule has 3 rings (SSSR count). The van der Waals surface area contributed by atoms with Crippen molar-refractivity contribution in [2.24, 2.45) is 0 Å². The molecule has 1 aromatic rings. The molecule has 0 radical (unpaired) electrons. The van der Waals surface area contributed by atoms with E-state index in [1.165, 1.54) is 12.3 Å². The monoisotopic (exact) mass is 328 g/mol. The quantitative estimate of drug-likeness (QED) is 0.630. The number of aromatic nitrogens is 2. The molecule has 2 fully saturated rings. The van der Waals surface area contributed by atoms with Crippen LogP contribution < -0.4 is 11.2 Å². The van der Waals surface area contributed by atoms with Gasteiger partial charge >= 0.3 is 5.69 Å². The molecule has 1 aromatic heterocycles. The molecule has 128 valence electrons. The first kappa shape index (κ1) is 16.3. The van der Waals surface area contributed by atoms with Gasteiger partial charge in [-0.25, -0.2) is 4.79 Å². The fourth-order valence-corrected chi connectivity index (χ4v) is 3.45. The first-order valence-corrected chi connectivity index (χ1v) is 7.26. The SMILES string of the molecule is CC1(C)O[C@@H]2C(CO)(CO)O[C@@H](n3ccc(=O)[nH]c3=O)[C@]2(C)O1. The van der Waals surface area contributed by atoms with E-state index in [9.17, 15) is 19.8 Å². The predicted molar refractivity (Wildman–Crippen MR) is 76.8 cm³/mol. The predicted octanol–water partition coefficient (Wildman–Crippen LogP) is -1.30. The van der Waals surface area contributed by atoms with Crippen molar-refractivity contribution in [2.75, 3.05) is 13.2 Å². The topological polar surface area (TPSA) is 123 Å². The van der Waals surface area contributed by atoms with Gasteiger partial charge in [-0.1, -0.05) is 0 Å². The number of ether oxygens (including phenoxy) is 3. The van der Waals surface area contributed by atoms with E-state index in [4.69, 9.17) is 14.2 Å². The number of nitrogens with zero attached hydrogens (tertiary/aromatic N) is 1. The van der Waals surface area contributed by atoms with Gasteiger partial charge in [0.25, 0.3) is 5.56 Å². The van der Waals surface area contributed by atoms with Crippen molar-refractivity contribution in [1.82, 2.24) is 9.55 Å². The van der Waals surface area contributed by atoms with E-state index >= 15 is 0 Å². The van der Waals surface area contributed by atoms with Crippen LogP contribution >= 0.6 is 0 Å². The van der Waals surface area contributed by atoms with Gasteiger partial charge in [0.2, 0.25) is 0 Å². The smallest absolute Gasteiger partial charge is 0.330 e. The van der Waals surface area contributed by atoms with Crippen LogP contribution in [0.15, 0.2) is 21.9 Å². The third-order valence-corrected chi connectivity index (χ3v) is 4.34. The molecule has 3 atom stereocenters. The van der Waals surface area contributed by atoms with Crippen molar-refractivity contribution in [1.29, 1.82) is 0 Å². The fourth-order valence-electron chi connectivity index (χ4n) is 3.45. The number of hydrogen-bond donors (Lipinski definition) is 3. The molecule has 0 unspecified atom stereocenters. The summed E-state index contributed by atoms with van der Waals surface area (Å²) in [7, 11) is 0. The van der Waals surface area contributed by atoms with Crippen LogP contribution in [0.3, 0.4) is 0 Å². The van der Waals surface area contributed by atoms with Crippen LogP contribution in [0.1, 0.15) is 27.0 Å². The maximum absolute atomic E-state index is 12.1. The van der Waals surface area contributed by atoms with Crippen LogP contribution in [0.5, 0.6) is 0 Å². The molecule has 23 heavy (non-hydrogen) atoms. The molecule has 9 heteroatoms. The minimum Gasteiger partial charge on any atom is -0.393 e. The molecule has 2 saturated heterocycles. The molecule has 0 amide bonds. The Morgan fingerprint density at radius 3 is 2.43 bits per heavy atom. The highest BCUT2D eigenvalue weighted by Gasteiger charge is 2.70. The highest BCUT2D eigenvalue weighted by atomic mass is 16.8. The highest BCUT2D eigenvalue weighted by Crippen LogP contribution is 2.54. The lowest BCUT2D eigenvalue weighted by molar-refractivity contribution is -0.245. The number of aliphatic hydroxyl groups excluding tert-OH is 2. The summed E-state index contributed by atoms with van der Waals surface area (Å²) in [4.78, 5) is 25.5. The molecule has 3 heterocycles. The minimum atomic E-state index is -1.43. The van der Waals surface area contributed by atoms with Gasteiger partial charge in [-0.3, -0.25) is 14.3 Å². The number of rotatable bonds is 3. The van der Waals surface area contributed by atoms with E-state index in [0.717, 1.165) is 4.57 Å². The molecule has 0 spiro atoms. The van der Waals surface area contributed by atoms with E-state index in [1.54, 1.807) is 20.8 Å².